The zero-order chi connectivity index (χ0) is 29.2. The normalized spacial score (nSPS) is 15.3. The first kappa shape index (κ1) is 37.2. The standard InChI is InChI=1S/C30H52NO7P/c1-6-8-9-10-11-12-13-14-15-16-17-18-19-20-21-22-25-35-27-29(38-30(32)23-7-2)28-37-39(33,34)36-26-24-31(3,4)5/h8-9,11-12,14-15,17-18,20-21,29H,6-7,10,13,16,19,22-28H2,1-5H3/b9-8-,12-11-,15-14-,18-17-,21-20-. The topological polar surface area (TPSA) is 94.1 Å². The van der Waals surface area contributed by atoms with Gasteiger partial charge in [0.25, 0.3) is 7.82 Å². The Morgan fingerprint density at radius 3 is 1.85 bits per heavy atom. The van der Waals surface area contributed by atoms with Gasteiger partial charge in [0.1, 0.15) is 19.3 Å². The Morgan fingerprint density at radius 2 is 1.33 bits per heavy atom. The van der Waals surface area contributed by atoms with Crippen molar-refractivity contribution in [2.75, 3.05) is 54.1 Å². The molecule has 0 aromatic carbocycles. The number of hydrogen-bond donors (Lipinski definition) is 0. The van der Waals surface area contributed by atoms with E-state index < -0.39 is 19.9 Å². The quantitative estimate of drug-likeness (QED) is 0.0458. The Kier molecular flexibility index (Phi) is 22.9. The summed E-state index contributed by atoms with van der Waals surface area (Å²) in [6.45, 7) is 4.62. The van der Waals surface area contributed by atoms with E-state index in [0.29, 0.717) is 30.5 Å². The number of phosphoric ester groups is 1. The van der Waals surface area contributed by atoms with E-state index in [4.69, 9.17) is 18.5 Å². The molecule has 0 N–H and O–H groups in total. The van der Waals surface area contributed by atoms with Crippen molar-refractivity contribution in [2.45, 2.75) is 71.3 Å². The van der Waals surface area contributed by atoms with Gasteiger partial charge in [0.15, 0.2) is 0 Å². The largest absolute Gasteiger partial charge is 0.756 e. The van der Waals surface area contributed by atoms with Crippen LogP contribution in [0.3, 0.4) is 0 Å². The van der Waals surface area contributed by atoms with Gasteiger partial charge in [-0.2, -0.15) is 0 Å². The maximum atomic E-state index is 12.0. The van der Waals surface area contributed by atoms with Crippen LogP contribution in [0.25, 0.3) is 0 Å². The first-order valence-corrected chi connectivity index (χ1v) is 15.5. The molecule has 0 fully saturated rings. The Morgan fingerprint density at radius 1 is 0.795 bits per heavy atom. The molecule has 224 valence electrons. The summed E-state index contributed by atoms with van der Waals surface area (Å²) >= 11 is 0. The van der Waals surface area contributed by atoms with Crippen LogP contribution in [0.2, 0.25) is 0 Å². The number of allylic oxidation sites excluding steroid dienone is 9. The van der Waals surface area contributed by atoms with E-state index in [-0.39, 0.29) is 26.2 Å². The average Bonchev–Trinajstić information content (AvgIpc) is 2.85. The smallest absolute Gasteiger partial charge is 0.306 e. The Labute approximate surface area is 237 Å². The number of likely N-dealkylation sites (N-methyl/N-ethyl adjacent to an activating group) is 1. The SMILES string of the molecule is CC/C=C\C/C=C\C/C=C\C/C=C\C/C=C\CCOCC(COP(=O)([O-])OCC[N+](C)(C)C)OC(=O)CCC. The van der Waals surface area contributed by atoms with Crippen molar-refractivity contribution in [1.82, 2.24) is 0 Å². The minimum absolute atomic E-state index is 0.00825. The molecule has 2 unspecified atom stereocenters. The number of quaternary nitrogens is 1. The number of nitrogens with zero attached hydrogens (tertiary/aromatic N) is 1. The molecule has 0 aromatic heterocycles. The summed E-state index contributed by atoms with van der Waals surface area (Å²) in [5.74, 6) is -0.417. The predicted molar refractivity (Wildman–Crippen MR) is 157 cm³/mol. The summed E-state index contributed by atoms with van der Waals surface area (Å²) in [6, 6.07) is 0. The molecule has 0 rings (SSSR count). The van der Waals surface area contributed by atoms with Crippen molar-refractivity contribution in [3.05, 3.63) is 60.8 Å². The molecule has 0 bridgehead atoms. The van der Waals surface area contributed by atoms with Gasteiger partial charge in [-0.05, 0) is 44.9 Å². The van der Waals surface area contributed by atoms with E-state index in [1.54, 1.807) is 0 Å². The van der Waals surface area contributed by atoms with Crippen LogP contribution in [-0.2, 0) is 27.9 Å². The van der Waals surface area contributed by atoms with E-state index in [9.17, 15) is 14.3 Å². The summed E-state index contributed by atoms with van der Waals surface area (Å²) in [7, 11) is 1.29. The van der Waals surface area contributed by atoms with E-state index in [1.807, 2.05) is 34.1 Å². The van der Waals surface area contributed by atoms with E-state index in [0.717, 1.165) is 32.1 Å². The van der Waals surface area contributed by atoms with Gasteiger partial charge in [-0.3, -0.25) is 9.36 Å². The lowest BCUT2D eigenvalue weighted by Crippen LogP contribution is -2.37. The Bertz CT molecular complexity index is 813. The lowest BCUT2D eigenvalue weighted by atomic mass is 10.2. The third kappa shape index (κ3) is 27.6. The van der Waals surface area contributed by atoms with Gasteiger partial charge in [0.2, 0.25) is 0 Å². The van der Waals surface area contributed by atoms with Crippen LogP contribution in [0, 0.1) is 0 Å². The van der Waals surface area contributed by atoms with Crippen LogP contribution >= 0.6 is 7.82 Å². The maximum Gasteiger partial charge on any atom is 0.306 e. The highest BCUT2D eigenvalue weighted by Gasteiger charge is 2.20. The minimum Gasteiger partial charge on any atom is -0.756 e. The maximum absolute atomic E-state index is 12.0. The minimum atomic E-state index is -4.50. The lowest BCUT2D eigenvalue weighted by Gasteiger charge is -2.28. The van der Waals surface area contributed by atoms with Crippen LogP contribution in [0.4, 0.5) is 0 Å². The first-order valence-electron chi connectivity index (χ1n) is 14.0. The van der Waals surface area contributed by atoms with Crippen LogP contribution in [-0.4, -0.2) is 70.7 Å². The molecule has 0 saturated heterocycles. The zero-order valence-corrected chi connectivity index (χ0v) is 25.7. The molecule has 0 aliphatic rings. The summed E-state index contributed by atoms with van der Waals surface area (Å²) in [4.78, 5) is 24.0. The molecule has 0 amide bonds. The van der Waals surface area contributed by atoms with Crippen molar-refractivity contribution in [1.29, 1.82) is 0 Å². The van der Waals surface area contributed by atoms with Crippen molar-refractivity contribution >= 4 is 13.8 Å². The van der Waals surface area contributed by atoms with E-state index in [1.165, 1.54) is 0 Å². The Hall–Kier alpha value is -1.80. The predicted octanol–water partition coefficient (Wildman–Crippen LogP) is 6.06. The molecular formula is C30H52NO7P. The third-order valence-electron chi connectivity index (χ3n) is 5.07. The van der Waals surface area contributed by atoms with Gasteiger partial charge in [-0.1, -0.05) is 74.6 Å². The summed E-state index contributed by atoms with van der Waals surface area (Å²) in [5, 5.41) is 0. The fourth-order valence-corrected chi connectivity index (χ4v) is 3.67. The second-order valence-electron chi connectivity index (χ2n) is 10.0. The number of carbonyl (C=O) groups excluding carboxylic acids is 1. The number of carbonyl (C=O) groups is 1. The highest BCUT2D eigenvalue weighted by atomic mass is 31.2. The average molecular weight is 570 g/mol. The second kappa shape index (κ2) is 24.0. The highest BCUT2D eigenvalue weighted by Crippen LogP contribution is 2.38. The van der Waals surface area contributed by atoms with E-state index in [2.05, 4.69) is 61.6 Å². The molecule has 0 aliphatic carbocycles. The summed E-state index contributed by atoms with van der Waals surface area (Å²) in [5.41, 5.74) is 0. The van der Waals surface area contributed by atoms with Gasteiger partial charge < -0.3 is 27.9 Å². The molecule has 8 nitrogen and oxygen atoms in total. The van der Waals surface area contributed by atoms with Crippen LogP contribution in [0.15, 0.2) is 60.8 Å². The first-order chi connectivity index (χ1) is 18.6. The molecule has 0 radical (unpaired) electrons. The van der Waals surface area contributed by atoms with Gasteiger partial charge >= 0.3 is 5.97 Å². The van der Waals surface area contributed by atoms with Gasteiger partial charge in [0.05, 0.1) is 41.0 Å². The fourth-order valence-electron chi connectivity index (χ4n) is 2.94. The van der Waals surface area contributed by atoms with Gasteiger partial charge in [-0.25, -0.2) is 0 Å². The molecule has 2 atom stereocenters. The molecule has 0 saturated carbocycles. The molecule has 0 aliphatic heterocycles. The van der Waals surface area contributed by atoms with Gasteiger partial charge in [-0.15, -0.1) is 0 Å². The summed E-state index contributed by atoms with van der Waals surface area (Å²) < 4.78 is 33.4. The van der Waals surface area contributed by atoms with Crippen LogP contribution in [0.1, 0.15) is 65.2 Å². The Balaban J connectivity index is 4.22. The molecule has 0 spiro atoms. The molecule has 0 heterocycles. The molecule has 39 heavy (non-hydrogen) atoms. The van der Waals surface area contributed by atoms with Crippen molar-refractivity contribution in [3.63, 3.8) is 0 Å². The molecule has 9 heteroatoms. The van der Waals surface area contributed by atoms with Crippen molar-refractivity contribution in [2.24, 2.45) is 0 Å². The number of hydrogen-bond acceptors (Lipinski definition) is 7. The monoisotopic (exact) mass is 569 g/mol. The zero-order valence-electron chi connectivity index (χ0n) is 24.8. The molecular weight excluding hydrogens is 517 g/mol. The lowest BCUT2D eigenvalue weighted by molar-refractivity contribution is -0.870. The van der Waals surface area contributed by atoms with Crippen LogP contribution in [0.5, 0.6) is 0 Å². The van der Waals surface area contributed by atoms with Crippen molar-refractivity contribution in [3.8, 4) is 0 Å². The van der Waals surface area contributed by atoms with Crippen molar-refractivity contribution < 1.29 is 37.3 Å². The van der Waals surface area contributed by atoms with Crippen LogP contribution < -0.4 is 4.89 Å². The number of esters is 1. The van der Waals surface area contributed by atoms with Gasteiger partial charge in [0, 0.05) is 6.42 Å². The number of rotatable bonds is 24. The fraction of sp³-hybridized carbons (Fsp3) is 0.633. The number of ether oxygens (including phenoxy) is 2. The molecule has 0 aromatic rings. The van der Waals surface area contributed by atoms with E-state index >= 15 is 0 Å². The third-order valence-corrected chi connectivity index (χ3v) is 6.04. The highest BCUT2D eigenvalue weighted by molar-refractivity contribution is 7.45. The summed E-state index contributed by atoms with van der Waals surface area (Å²) in [6.07, 6.45) is 26.9. The second-order valence-corrected chi connectivity index (χ2v) is 11.4. The number of phosphoric acid groups is 1.